The molecule has 0 saturated heterocycles. The number of rotatable bonds is 1. The van der Waals surface area contributed by atoms with Crippen molar-refractivity contribution in [2.75, 3.05) is 6.54 Å². The first-order chi connectivity index (χ1) is 10.2. The van der Waals surface area contributed by atoms with Gasteiger partial charge >= 0.3 is 6.09 Å². The Kier molecular flexibility index (Phi) is 4.39. The summed E-state index contributed by atoms with van der Waals surface area (Å²) in [6.07, 6.45) is 2.74. The molecular formula is C16H23N3O3. The van der Waals surface area contributed by atoms with Gasteiger partial charge in [-0.25, -0.2) is 4.79 Å². The highest BCUT2D eigenvalue weighted by atomic mass is 16.6. The number of carbonyl (C=O) groups excluding carboxylic acids is 1. The second-order valence-electron chi connectivity index (χ2n) is 6.58. The number of aromatic nitrogens is 2. The number of aryl methyl sites for hydroxylation is 2. The van der Waals surface area contributed by atoms with Crippen molar-refractivity contribution in [3.63, 3.8) is 0 Å². The van der Waals surface area contributed by atoms with Crippen LogP contribution in [0.25, 0.3) is 5.70 Å². The molecule has 0 N–H and O–H groups in total. The predicted molar refractivity (Wildman–Crippen MR) is 84.4 cm³/mol. The number of nitrogens with zero attached hydrogens (tertiary/aromatic N) is 3. The zero-order valence-corrected chi connectivity index (χ0v) is 13.8. The molecule has 0 radical (unpaired) electrons. The van der Waals surface area contributed by atoms with Crippen LogP contribution in [0.1, 0.15) is 44.9 Å². The largest absolute Gasteiger partial charge is 0.443 e. The summed E-state index contributed by atoms with van der Waals surface area (Å²) in [6.45, 7) is 9.68. The van der Waals surface area contributed by atoms with Gasteiger partial charge in [-0.3, -0.25) is 9.69 Å². The summed E-state index contributed by atoms with van der Waals surface area (Å²) in [5.41, 5.74) is 1.43. The highest BCUT2D eigenvalue weighted by Gasteiger charge is 2.24. The Morgan fingerprint density at radius 2 is 2.00 bits per heavy atom. The molecule has 0 bridgehead atoms. The molecule has 2 rings (SSSR count). The highest BCUT2D eigenvalue weighted by Crippen LogP contribution is 2.20. The number of hydrogen-bond donors (Lipinski definition) is 0. The molecule has 6 heteroatoms. The lowest BCUT2D eigenvalue weighted by Gasteiger charge is -2.28. The number of hydrogen-bond acceptors (Lipinski definition) is 4. The molecule has 1 aliphatic rings. The van der Waals surface area contributed by atoms with E-state index < -0.39 is 11.7 Å². The molecule has 1 aromatic rings. The van der Waals surface area contributed by atoms with Crippen LogP contribution < -0.4 is 5.56 Å². The van der Waals surface area contributed by atoms with E-state index >= 15 is 0 Å². The van der Waals surface area contributed by atoms with E-state index in [1.54, 1.807) is 19.2 Å². The van der Waals surface area contributed by atoms with Crippen molar-refractivity contribution in [3.05, 3.63) is 33.9 Å². The van der Waals surface area contributed by atoms with Crippen molar-refractivity contribution in [1.82, 2.24) is 14.7 Å². The minimum atomic E-state index is -0.544. The second-order valence-corrected chi connectivity index (χ2v) is 6.58. The summed E-state index contributed by atoms with van der Waals surface area (Å²) in [6, 6.07) is 1.76. The van der Waals surface area contributed by atoms with Gasteiger partial charge in [0.15, 0.2) is 0 Å². The molecule has 1 aromatic heterocycles. The molecule has 22 heavy (non-hydrogen) atoms. The molecule has 0 fully saturated rings. The van der Waals surface area contributed by atoms with Crippen LogP contribution >= 0.6 is 0 Å². The number of amides is 1. The smallest absolute Gasteiger partial charge is 0.414 e. The minimum absolute atomic E-state index is 0.150. The number of ether oxygens (including phenoxy) is 1. The van der Waals surface area contributed by atoms with Crippen LogP contribution in [-0.2, 0) is 4.74 Å². The van der Waals surface area contributed by atoms with Crippen LogP contribution in [0, 0.1) is 13.8 Å². The number of carbonyl (C=O) groups is 1. The lowest BCUT2D eigenvalue weighted by Crippen LogP contribution is -2.37. The van der Waals surface area contributed by atoms with Crippen molar-refractivity contribution in [2.45, 2.75) is 53.1 Å². The number of allylic oxidation sites excluding steroid dienone is 1. The van der Waals surface area contributed by atoms with Gasteiger partial charge in [-0.15, -0.1) is 0 Å². The van der Waals surface area contributed by atoms with E-state index in [4.69, 9.17) is 4.74 Å². The third kappa shape index (κ3) is 3.75. The molecule has 120 valence electrons. The standard InChI is InChI=1S/C16H23N3O3/c1-11-9-12(2)17-19(14(11)20)13-7-6-8-18(10-13)15(21)22-16(3,4)5/h9-10H,6-8H2,1-5H3. The van der Waals surface area contributed by atoms with E-state index in [-0.39, 0.29) is 5.56 Å². The van der Waals surface area contributed by atoms with Gasteiger partial charge in [0.1, 0.15) is 5.60 Å². The second kappa shape index (κ2) is 5.94. The van der Waals surface area contributed by atoms with Crippen LogP contribution in [0.3, 0.4) is 0 Å². The Balaban J connectivity index is 2.33. The molecule has 0 unspecified atom stereocenters. The van der Waals surface area contributed by atoms with Crippen molar-refractivity contribution >= 4 is 11.8 Å². The molecule has 6 nitrogen and oxygen atoms in total. The van der Waals surface area contributed by atoms with Gasteiger partial charge in [0.05, 0.1) is 11.4 Å². The molecule has 0 aromatic carbocycles. The Morgan fingerprint density at radius 1 is 1.32 bits per heavy atom. The van der Waals surface area contributed by atoms with E-state index in [0.717, 1.165) is 12.1 Å². The molecule has 0 spiro atoms. The van der Waals surface area contributed by atoms with E-state index in [1.165, 1.54) is 9.58 Å². The Bertz CT molecular complexity index is 668. The monoisotopic (exact) mass is 305 g/mol. The van der Waals surface area contributed by atoms with Gasteiger partial charge in [-0.2, -0.15) is 9.78 Å². The normalized spacial score (nSPS) is 15.5. The molecular weight excluding hydrogens is 282 g/mol. The van der Waals surface area contributed by atoms with Crippen molar-refractivity contribution in [2.24, 2.45) is 0 Å². The van der Waals surface area contributed by atoms with Gasteiger partial charge in [0.2, 0.25) is 0 Å². The molecule has 0 aliphatic carbocycles. The van der Waals surface area contributed by atoms with Crippen molar-refractivity contribution < 1.29 is 9.53 Å². The first kappa shape index (κ1) is 16.3. The Labute approximate surface area is 130 Å². The van der Waals surface area contributed by atoms with Crippen LogP contribution in [0.4, 0.5) is 4.79 Å². The van der Waals surface area contributed by atoms with Gasteiger partial charge in [0, 0.05) is 18.3 Å². The van der Waals surface area contributed by atoms with Gasteiger partial charge in [0.25, 0.3) is 5.56 Å². The Morgan fingerprint density at radius 3 is 2.64 bits per heavy atom. The molecule has 0 atom stereocenters. The summed E-state index contributed by atoms with van der Waals surface area (Å²) in [5, 5.41) is 4.28. The molecule has 0 saturated carbocycles. The van der Waals surface area contributed by atoms with Crippen molar-refractivity contribution in [1.29, 1.82) is 0 Å². The lowest BCUT2D eigenvalue weighted by molar-refractivity contribution is 0.0328. The Hall–Kier alpha value is -2.11. The average Bonchev–Trinajstić information content (AvgIpc) is 2.41. The SMILES string of the molecule is Cc1cc(C)c(=O)n(C2=CN(C(=O)OC(C)(C)C)CCC2)n1. The first-order valence-corrected chi connectivity index (χ1v) is 7.45. The highest BCUT2D eigenvalue weighted by molar-refractivity contribution is 5.71. The minimum Gasteiger partial charge on any atom is -0.443 e. The molecule has 1 aliphatic heterocycles. The fraction of sp³-hybridized carbons (Fsp3) is 0.562. The first-order valence-electron chi connectivity index (χ1n) is 7.45. The summed E-state index contributed by atoms with van der Waals surface area (Å²) < 4.78 is 6.76. The van der Waals surface area contributed by atoms with Crippen LogP contribution in [0.2, 0.25) is 0 Å². The van der Waals surface area contributed by atoms with Crippen molar-refractivity contribution in [3.8, 4) is 0 Å². The summed E-state index contributed by atoms with van der Waals surface area (Å²) in [5.74, 6) is 0. The van der Waals surface area contributed by atoms with Gasteiger partial charge < -0.3 is 4.74 Å². The third-order valence-corrected chi connectivity index (χ3v) is 3.25. The molecule has 1 amide bonds. The van der Waals surface area contributed by atoms with Gasteiger partial charge in [-0.05, 0) is 53.5 Å². The zero-order chi connectivity index (χ0) is 16.5. The summed E-state index contributed by atoms with van der Waals surface area (Å²) in [4.78, 5) is 25.9. The molecule has 2 heterocycles. The van der Waals surface area contributed by atoms with E-state index in [0.29, 0.717) is 24.2 Å². The average molecular weight is 305 g/mol. The summed E-state index contributed by atoms with van der Waals surface area (Å²) >= 11 is 0. The maximum absolute atomic E-state index is 12.3. The third-order valence-electron chi connectivity index (χ3n) is 3.25. The quantitative estimate of drug-likeness (QED) is 0.800. The van der Waals surface area contributed by atoms with Gasteiger partial charge in [-0.1, -0.05) is 0 Å². The summed E-state index contributed by atoms with van der Waals surface area (Å²) in [7, 11) is 0. The topological polar surface area (TPSA) is 64.4 Å². The van der Waals surface area contributed by atoms with E-state index in [1.807, 2.05) is 27.7 Å². The van der Waals surface area contributed by atoms with E-state index in [2.05, 4.69) is 5.10 Å². The fourth-order valence-electron chi connectivity index (χ4n) is 2.33. The lowest BCUT2D eigenvalue weighted by atomic mass is 10.1. The maximum Gasteiger partial charge on any atom is 0.414 e. The fourth-order valence-corrected chi connectivity index (χ4v) is 2.33. The van der Waals surface area contributed by atoms with Crippen LogP contribution in [0.15, 0.2) is 17.1 Å². The maximum atomic E-state index is 12.3. The van der Waals surface area contributed by atoms with E-state index in [9.17, 15) is 9.59 Å². The predicted octanol–water partition coefficient (Wildman–Crippen LogP) is 2.69. The van der Waals surface area contributed by atoms with Crippen LogP contribution in [0.5, 0.6) is 0 Å². The van der Waals surface area contributed by atoms with Crippen LogP contribution in [-0.4, -0.2) is 32.9 Å². The zero-order valence-electron chi connectivity index (χ0n) is 13.8.